The van der Waals surface area contributed by atoms with Gasteiger partial charge in [-0.2, -0.15) is 5.10 Å². The molecule has 4 heterocycles. The molecule has 5 aromatic rings. The number of rotatable bonds is 9. The maximum atomic E-state index is 14.5. The van der Waals surface area contributed by atoms with Gasteiger partial charge in [0.15, 0.2) is 11.5 Å². The van der Waals surface area contributed by atoms with Crippen molar-refractivity contribution in [3.8, 4) is 5.69 Å². The SMILES string of the molecule is C[C@@H]1CN(c2ccc3c(=O)n(-c4ccc(Cl)c5c(NS(C)(=O)=O)nn(CC(F)F)c45)c(C(N)Cc4cc(F)cc(F)c4)nc3n2)C[C@H](C)O1. The van der Waals surface area contributed by atoms with Crippen LogP contribution in [0, 0.1) is 11.6 Å². The van der Waals surface area contributed by atoms with E-state index >= 15 is 0 Å². The summed E-state index contributed by atoms with van der Waals surface area (Å²) >= 11 is 6.49. The predicted molar refractivity (Wildman–Crippen MR) is 177 cm³/mol. The number of ether oxygens (including phenoxy) is 1. The van der Waals surface area contributed by atoms with Gasteiger partial charge in [-0.05, 0) is 62.2 Å². The number of sulfonamides is 1. The Balaban J connectivity index is 1.62. The average molecular weight is 723 g/mol. The smallest absolute Gasteiger partial charge is 0.267 e. The van der Waals surface area contributed by atoms with E-state index in [1.165, 1.54) is 18.2 Å². The van der Waals surface area contributed by atoms with Gasteiger partial charge in [0.25, 0.3) is 12.0 Å². The zero-order chi connectivity index (χ0) is 35.4. The minimum absolute atomic E-state index is 0.0205. The molecule has 6 rings (SSSR count). The third-order valence-electron chi connectivity index (χ3n) is 7.85. The first-order valence-electron chi connectivity index (χ1n) is 15.1. The molecule has 0 aliphatic carbocycles. The highest BCUT2D eigenvalue weighted by atomic mass is 35.5. The van der Waals surface area contributed by atoms with Crippen molar-refractivity contribution in [2.45, 2.75) is 51.5 Å². The van der Waals surface area contributed by atoms with Gasteiger partial charge >= 0.3 is 0 Å². The largest absolute Gasteiger partial charge is 0.372 e. The van der Waals surface area contributed by atoms with E-state index in [1.54, 1.807) is 6.07 Å². The first-order chi connectivity index (χ1) is 23.1. The molecule has 260 valence electrons. The summed E-state index contributed by atoms with van der Waals surface area (Å²) in [5.74, 6) is -1.62. The van der Waals surface area contributed by atoms with Crippen LogP contribution in [-0.2, 0) is 27.7 Å². The van der Waals surface area contributed by atoms with Gasteiger partial charge in [-0.3, -0.25) is 18.8 Å². The first kappa shape index (κ1) is 34.5. The molecule has 49 heavy (non-hydrogen) atoms. The number of aromatic nitrogens is 5. The number of pyridine rings is 1. The first-order valence-corrected chi connectivity index (χ1v) is 17.3. The molecule has 18 heteroatoms. The molecule has 0 radical (unpaired) electrons. The zero-order valence-electron chi connectivity index (χ0n) is 26.4. The number of hydrogen-bond acceptors (Lipinski definition) is 9. The predicted octanol–water partition coefficient (Wildman–Crippen LogP) is 4.55. The van der Waals surface area contributed by atoms with Gasteiger partial charge in [0.1, 0.15) is 29.8 Å². The van der Waals surface area contributed by atoms with E-state index in [9.17, 15) is 30.8 Å². The molecule has 2 aromatic carbocycles. The molecular formula is C31H31ClF4N8O4S. The van der Waals surface area contributed by atoms with E-state index in [2.05, 4.69) is 14.8 Å². The summed E-state index contributed by atoms with van der Waals surface area (Å²) in [6.07, 6.45) is -2.47. The molecule has 0 saturated carbocycles. The number of nitrogens with two attached hydrogens (primary N) is 1. The van der Waals surface area contributed by atoms with Crippen LogP contribution < -0.4 is 20.9 Å². The molecule has 12 nitrogen and oxygen atoms in total. The van der Waals surface area contributed by atoms with Crippen LogP contribution in [0.15, 0.2) is 47.3 Å². The van der Waals surface area contributed by atoms with Gasteiger partial charge < -0.3 is 15.4 Å². The highest BCUT2D eigenvalue weighted by Crippen LogP contribution is 2.36. The molecule has 3 aromatic heterocycles. The second-order valence-corrected chi connectivity index (χ2v) is 14.1. The van der Waals surface area contributed by atoms with Crippen LogP contribution in [0.2, 0.25) is 5.02 Å². The summed E-state index contributed by atoms with van der Waals surface area (Å²) in [4.78, 5) is 25.8. The van der Waals surface area contributed by atoms with E-state index in [0.717, 1.165) is 27.6 Å². The summed E-state index contributed by atoms with van der Waals surface area (Å²) in [6.45, 7) is 3.91. The van der Waals surface area contributed by atoms with E-state index in [4.69, 9.17) is 27.1 Å². The highest BCUT2D eigenvalue weighted by molar-refractivity contribution is 7.92. The van der Waals surface area contributed by atoms with Crippen LogP contribution in [0.5, 0.6) is 0 Å². The van der Waals surface area contributed by atoms with Crippen molar-refractivity contribution in [3.63, 3.8) is 0 Å². The van der Waals surface area contributed by atoms with Crippen LogP contribution >= 0.6 is 11.6 Å². The molecule has 3 N–H and O–H groups in total. The zero-order valence-corrected chi connectivity index (χ0v) is 27.9. The lowest BCUT2D eigenvalue weighted by Gasteiger charge is -2.36. The molecule has 1 unspecified atom stereocenters. The number of halogens is 5. The van der Waals surface area contributed by atoms with Crippen LogP contribution in [-0.4, -0.2) is 70.7 Å². The van der Waals surface area contributed by atoms with Gasteiger partial charge in [0.2, 0.25) is 10.0 Å². The van der Waals surface area contributed by atoms with Crippen LogP contribution in [0.3, 0.4) is 0 Å². The van der Waals surface area contributed by atoms with Crippen molar-refractivity contribution in [2.24, 2.45) is 5.73 Å². The Morgan fingerprint density at radius 2 is 1.73 bits per heavy atom. The lowest BCUT2D eigenvalue weighted by molar-refractivity contribution is -0.00544. The maximum Gasteiger partial charge on any atom is 0.267 e. The summed E-state index contributed by atoms with van der Waals surface area (Å²) in [6, 6.07) is 7.58. The molecule has 0 bridgehead atoms. The van der Waals surface area contributed by atoms with Crippen molar-refractivity contribution in [3.05, 3.63) is 80.9 Å². The number of nitrogens with zero attached hydrogens (tertiary/aromatic N) is 6. The van der Waals surface area contributed by atoms with Crippen LogP contribution in [0.4, 0.5) is 29.2 Å². The van der Waals surface area contributed by atoms with Gasteiger partial charge in [0.05, 0.1) is 51.5 Å². The lowest BCUT2D eigenvalue weighted by atomic mass is 10.0. The van der Waals surface area contributed by atoms with Crippen molar-refractivity contribution in [2.75, 3.05) is 29.0 Å². The molecular weight excluding hydrogens is 692 g/mol. The minimum Gasteiger partial charge on any atom is -0.372 e. The van der Waals surface area contributed by atoms with Crippen molar-refractivity contribution in [1.82, 2.24) is 24.3 Å². The molecule has 0 spiro atoms. The fourth-order valence-corrected chi connectivity index (χ4v) is 6.86. The number of hydrogen-bond donors (Lipinski definition) is 2. The Kier molecular flexibility index (Phi) is 9.29. The topological polar surface area (TPSA) is 150 Å². The Morgan fingerprint density at radius 3 is 2.37 bits per heavy atom. The maximum absolute atomic E-state index is 14.5. The van der Waals surface area contributed by atoms with Gasteiger partial charge in [-0.15, -0.1) is 0 Å². The van der Waals surface area contributed by atoms with Gasteiger partial charge in [0, 0.05) is 19.2 Å². The molecule has 1 fully saturated rings. The van der Waals surface area contributed by atoms with Gasteiger partial charge in [-0.1, -0.05) is 11.6 Å². The minimum atomic E-state index is -3.95. The summed E-state index contributed by atoms with van der Waals surface area (Å²) < 4.78 is 90.3. The molecule has 1 aliphatic heterocycles. The quantitative estimate of drug-likeness (QED) is 0.209. The van der Waals surface area contributed by atoms with Gasteiger partial charge in [-0.25, -0.2) is 35.9 Å². The Bertz CT molecular complexity index is 2220. The third-order valence-corrected chi connectivity index (χ3v) is 8.73. The monoisotopic (exact) mass is 722 g/mol. The fourth-order valence-electron chi connectivity index (χ4n) is 6.12. The molecule has 3 atom stereocenters. The van der Waals surface area contributed by atoms with E-state index in [0.29, 0.717) is 25.0 Å². The Hall–Kier alpha value is -4.32. The standard InChI is InChI=1S/C31H31ClF4N8O4S/c1-15-12-42(13-16(2)48-15)25-7-4-20-28(38-25)39-30(22(37)10-17-8-18(33)11-19(34)9-17)44(31(20)45)23-6-5-21(32)26-27(23)43(14-24(35)36)40-29(26)41-49(3,46)47/h4-9,11,15-16,22,24H,10,12-14,37H2,1-3H3,(H,40,41)/t15-,16+,22?. The summed E-state index contributed by atoms with van der Waals surface area (Å²) in [5, 5.41) is 4.01. The van der Waals surface area contributed by atoms with Crippen LogP contribution in [0.1, 0.15) is 31.3 Å². The number of nitrogens with one attached hydrogen (secondary N) is 1. The van der Waals surface area contributed by atoms with Crippen molar-refractivity contribution in [1.29, 1.82) is 0 Å². The van der Waals surface area contributed by atoms with E-state index in [1.807, 2.05) is 18.7 Å². The third kappa shape index (κ3) is 7.20. The molecule has 1 aliphatic rings. The number of fused-ring (bicyclic) bond motifs is 2. The number of benzene rings is 2. The van der Waals surface area contributed by atoms with E-state index in [-0.39, 0.29) is 68.5 Å². The highest BCUT2D eigenvalue weighted by Gasteiger charge is 2.28. The lowest BCUT2D eigenvalue weighted by Crippen LogP contribution is -2.45. The Morgan fingerprint density at radius 1 is 1.06 bits per heavy atom. The van der Waals surface area contributed by atoms with Crippen molar-refractivity contribution >= 4 is 55.2 Å². The molecule has 1 saturated heterocycles. The van der Waals surface area contributed by atoms with E-state index < -0.39 is 46.2 Å². The summed E-state index contributed by atoms with van der Waals surface area (Å²) in [5.41, 5.74) is 5.95. The number of alkyl halides is 2. The van der Waals surface area contributed by atoms with Crippen molar-refractivity contribution < 1.29 is 30.7 Å². The summed E-state index contributed by atoms with van der Waals surface area (Å²) in [7, 11) is -3.95. The number of morpholine rings is 1. The van der Waals surface area contributed by atoms with Crippen LogP contribution in [0.25, 0.3) is 27.6 Å². The molecule has 0 amide bonds. The second-order valence-electron chi connectivity index (χ2n) is 12.0. The fraction of sp³-hybridized carbons (Fsp3) is 0.355. The second kappa shape index (κ2) is 13.2. The average Bonchev–Trinajstić information content (AvgIpc) is 3.32. The Labute approximate surface area is 282 Å². The normalized spacial score (nSPS) is 17.7. The number of anilines is 2.